The van der Waals surface area contributed by atoms with Crippen molar-refractivity contribution in [3.05, 3.63) is 58.9 Å². The first-order valence-electron chi connectivity index (χ1n) is 7.18. The molecule has 2 rings (SSSR count). The van der Waals surface area contributed by atoms with Crippen LogP contribution in [0.4, 0.5) is 4.39 Å². The summed E-state index contributed by atoms with van der Waals surface area (Å²) in [6, 6.07) is 10.6. The highest BCUT2D eigenvalue weighted by atomic mass is 32.2. The molecule has 0 aliphatic carbocycles. The Morgan fingerprint density at radius 1 is 1.26 bits per heavy atom. The van der Waals surface area contributed by atoms with E-state index in [1.165, 1.54) is 13.2 Å². The van der Waals surface area contributed by atoms with Crippen molar-refractivity contribution in [2.45, 2.75) is 18.4 Å². The molecule has 0 aliphatic heterocycles. The number of carbonyl (C=O) groups is 1. The molecular formula is C18H20FNO2S. The smallest absolute Gasteiger partial charge is 0.254 e. The number of ether oxygens (including phenoxy) is 1. The van der Waals surface area contributed by atoms with Gasteiger partial charge in [0.15, 0.2) is 11.6 Å². The summed E-state index contributed by atoms with van der Waals surface area (Å²) in [5, 5.41) is 0. The molecule has 0 atom stereocenters. The minimum absolute atomic E-state index is 0.0744. The zero-order valence-corrected chi connectivity index (χ0v) is 14.5. The van der Waals surface area contributed by atoms with Gasteiger partial charge in [-0.15, -0.1) is 11.8 Å². The third-order valence-electron chi connectivity index (χ3n) is 3.66. The van der Waals surface area contributed by atoms with Gasteiger partial charge in [-0.3, -0.25) is 4.79 Å². The van der Waals surface area contributed by atoms with E-state index in [0.717, 1.165) is 16.0 Å². The summed E-state index contributed by atoms with van der Waals surface area (Å²) < 4.78 is 18.7. The molecular weight excluding hydrogens is 313 g/mol. The van der Waals surface area contributed by atoms with E-state index in [1.807, 2.05) is 31.4 Å². The summed E-state index contributed by atoms with van der Waals surface area (Å²) in [6.07, 6.45) is 1.97. The van der Waals surface area contributed by atoms with Crippen LogP contribution in [0.5, 0.6) is 5.75 Å². The lowest BCUT2D eigenvalue weighted by molar-refractivity contribution is 0.0784. The summed E-state index contributed by atoms with van der Waals surface area (Å²) >= 11 is 1.60. The molecule has 3 nitrogen and oxygen atoms in total. The average Bonchev–Trinajstić information content (AvgIpc) is 2.55. The van der Waals surface area contributed by atoms with Gasteiger partial charge in [0.2, 0.25) is 0 Å². The second-order valence-electron chi connectivity index (χ2n) is 5.31. The number of nitrogens with zero attached hydrogens (tertiary/aromatic N) is 1. The lowest BCUT2D eigenvalue weighted by Crippen LogP contribution is -2.27. The molecule has 0 fully saturated rings. The van der Waals surface area contributed by atoms with E-state index in [4.69, 9.17) is 4.74 Å². The Balaban J connectivity index is 2.18. The number of rotatable bonds is 5. The maximum absolute atomic E-state index is 13.8. The molecule has 23 heavy (non-hydrogen) atoms. The number of hydrogen-bond donors (Lipinski definition) is 0. The second-order valence-corrected chi connectivity index (χ2v) is 6.19. The van der Waals surface area contributed by atoms with E-state index in [0.29, 0.717) is 12.1 Å². The number of amides is 1. The first-order valence-corrected chi connectivity index (χ1v) is 8.41. The molecule has 0 N–H and O–H groups in total. The van der Waals surface area contributed by atoms with Crippen LogP contribution >= 0.6 is 11.8 Å². The van der Waals surface area contributed by atoms with Gasteiger partial charge in [0, 0.05) is 24.1 Å². The fourth-order valence-corrected chi connectivity index (χ4v) is 2.76. The van der Waals surface area contributed by atoms with Gasteiger partial charge in [0.25, 0.3) is 5.91 Å². The lowest BCUT2D eigenvalue weighted by atomic mass is 10.1. The monoisotopic (exact) mass is 333 g/mol. The molecule has 0 saturated carbocycles. The van der Waals surface area contributed by atoms with Gasteiger partial charge in [-0.05, 0) is 48.6 Å². The minimum atomic E-state index is -0.425. The van der Waals surface area contributed by atoms with E-state index in [9.17, 15) is 9.18 Å². The summed E-state index contributed by atoms with van der Waals surface area (Å²) in [5.41, 5.74) is 2.33. The predicted octanol–water partition coefficient (Wildman–Crippen LogP) is 4.14. The molecule has 0 aromatic heterocycles. The molecule has 2 aromatic carbocycles. The predicted molar refractivity (Wildman–Crippen MR) is 91.7 cm³/mol. The Hall–Kier alpha value is -2.01. The number of methoxy groups -OCH3 is 1. The molecule has 0 heterocycles. The van der Waals surface area contributed by atoms with Crippen molar-refractivity contribution in [2.75, 3.05) is 20.4 Å². The maximum atomic E-state index is 13.8. The summed E-state index contributed by atoms with van der Waals surface area (Å²) in [5.74, 6) is -0.299. The van der Waals surface area contributed by atoms with Crippen LogP contribution < -0.4 is 4.74 Å². The quantitative estimate of drug-likeness (QED) is 0.770. The fraction of sp³-hybridized carbons (Fsp3) is 0.278. The molecule has 122 valence electrons. The van der Waals surface area contributed by atoms with Crippen LogP contribution in [0.3, 0.4) is 0 Å². The Bertz CT molecular complexity index is 718. The molecule has 0 bridgehead atoms. The van der Waals surface area contributed by atoms with Gasteiger partial charge in [-0.25, -0.2) is 4.39 Å². The molecule has 2 aromatic rings. The standard InChI is InChI=1S/C18H20FNO2S/c1-12-5-7-14(23-4)10-15(12)18(21)20(2)11-13-6-8-17(22-3)16(19)9-13/h5-10H,11H2,1-4H3. The van der Waals surface area contributed by atoms with Crippen molar-refractivity contribution in [2.24, 2.45) is 0 Å². The van der Waals surface area contributed by atoms with Crippen LogP contribution in [-0.4, -0.2) is 31.2 Å². The van der Waals surface area contributed by atoms with Crippen molar-refractivity contribution >= 4 is 17.7 Å². The molecule has 0 radical (unpaired) electrons. The van der Waals surface area contributed by atoms with Gasteiger partial charge in [0.1, 0.15) is 0 Å². The number of benzene rings is 2. The molecule has 0 unspecified atom stereocenters. The Labute approximate surface area is 140 Å². The number of halogens is 1. The van der Waals surface area contributed by atoms with Crippen LogP contribution in [0, 0.1) is 12.7 Å². The van der Waals surface area contributed by atoms with Crippen molar-refractivity contribution in [3.63, 3.8) is 0 Å². The van der Waals surface area contributed by atoms with Crippen LogP contribution in [-0.2, 0) is 6.54 Å². The van der Waals surface area contributed by atoms with Crippen LogP contribution in [0.15, 0.2) is 41.3 Å². The highest BCUT2D eigenvalue weighted by Gasteiger charge is 2.16. The van der Waals surface area contributed by atoms with Gasteiger partial charge < -0.3 is 9.64 Å². The Morgan fingerprint density at radius 3 is 2.61 bits per heavy atom. The van der Waals surface area contributed by atoms with E-state index in [-0.39, 0.29) is 11.7 Å². The van der Waals surface area contributed by atoms with Crippen molar-refractivity contribution in [1.82, 2.24) is 4.90 Å². The highest BCUT2D eigenvalue weighted by Crippen LogP contribution is 2.22. The number of carbonyl (C=O) groups excluding carboxylic acids is 1. The van der Waals surface area contributed by atoms with Gasteiger partial charge in [0.05, 0.1) is 7.11 Å². The van der Waals surface area contributed by atoms with Crippen LogP contribution in [0.1, 0.15) is 21.5 Å². The van der Waals surface area contributed by atoms with E-state index < -0.39 is 5.82 Å². The van der Waals surface area contributed by atoms with Crippen molar-refractivity contribution < 1.29 is 13.9 Å². The number of hydrogen-bond acceptors (Lipinski definition) is 3. The first-order chi connectivity index (χ1) is 11.0. The molecule has 0 saturated heterocycles. The second kappa shape index (κ2) is 7.51. The fourth-order valence-electron chi connectivity index (χ4n) is 2.32. The molecule has 0 spiro atoms. The summed E-state index contributed by atoms with van der Waals surface area (Å²) in [4.78, 5) is 15.3. The van der Waals surface area contributed by atoms with Gasteiger partial charge in [-0.2, -0.15) is 0 Å². The van der Waals surface area contributed by atoms with E-state index in [2.05, 4.69) is 0 Å². The Kier molecular flexibility index (Phi) is 5.66. The normalized spacial score (nSPS) is 10.5. The summed E-state index contributed by atoms with van der Waals surface area (Å²) in [7, 11) is 3.14. The van der Waals surface area contributed by atoms with Crippen molar-refractivity contribution in [1.29, 1.82) is 0 Å². The van der Waals surface area contributed by atoms with Crippen LogP contribution in [0.25, 0.3) is 0 Å². The van der Waals surface area contributed by atoms with Crippen molar-refractivity contribution in [3.8, 4) is 5.75 Å². The SMILES string of the molecule is COc1ccc(CN(C)C(=O)c2cc(SC)ccc2C)cc1F. The largest absolute Gasteiger partial charge is 0.494 e. The van der Waals surface area contributed by atoms with Gasteiger partial charge >= 0.3 is 0 Å². The zero-order valence-electron chi connectivity index (χ0n) is 13.7. The van der Waals surface area contributed by atoms with Crippen LogP contribution in [0.2, 0.25) is 0 Å². The summed E-state index contributed by atoms with van der Waals surface area (Å²) in [6.45, 7) is 2.25. The third kappa shape index (κ3) is 4.05. The minimum Gasteiger partial charge on any atom is -0.494 e. The molecule has 0 aliphatic rings. The van der Waals surface area contributed by atoms with Gasteiger partial charge in [-0.1, -0.05) is 12.1 Å². The lowest BCUT2D eigenvalue weighted by Gasteiger charge is -2.19. The number of thioether (sulfide) groups is 1. The average molecular weight is 333 g/mol. The van der Waals surface area contributed by atoms with E-state index in [1.54, 1.807) is 35.8 Å². The topological polar surface area (TPSA) is 29.5 Å². The molecule has 5 heteroatoms. The maximum Gasteiger partial charge on any atom is 0.254 e. The third-order valence-corrected chi connectivity index (χ3v) is 4.38. The van der Waals surface area contributed by atoms with E-state index >= 15 is 0 Å². The Morgan fingerprint density at radius 2 is 2.00 bits per heavy atom. The first kappa shape index (κ1) is 17.3. The number of aryl methyl sites for hydroxylation is 1. The highest BCUT2D eigenvalue weighted by molar-refractivity contribution is 7.98. The zero-order chi connectivity index (χ0) is 17.0. The molecule has 1 amide bonds.